The van der Waals surface area contributed by atoms with Crippen molar-refractivity contribution < 1.29 is 24.2 Å². The maximum absolute atomic E-state index is 12.9. The molecular weight excluding hydrogens is 346 g/mol. The summed E-state index contributed by atoms with van der Waals surface area (Å²) in [5, 5.41) is 12.3. The zero-order chi connectivity index (χ0) is 19.4. The molecule has 2 aromatic rings. The topological polar surface area (TPSA) is 84.9 Å². The van der Waals surface area contributed by atoms with Crippen molar-refractivity contribution in [2.45, 2.75) is 25.3 Å². The molecule has 0 aromatic heterocycles. The van der Waals surface area contributed by atoms with Crippen LogP contribution >= 0.6 is 0 Å². The highest BCUT2D eigenvalue weighted by molar-refractivity contribution is 5.81. The largest absolute Gasteiger partial charge is 0.497 e. The first-order valence-corrected chi connectivity index (χ1v) is 8.80. The van der Waals surface area contributed by atoms with E-state index in [0.29, 0.717) is 17.7 Å². The van der Waals surface area contributed by atoms with E-state index in [1.807, 2.05) is 24.3 Å². The maximum atomic E-state index is 12.9. The van der Waals surface area contributed by atoms with Gasteiger partial charge in [-0.05, 0) is 42.7 Å². The van der Waals surface area contributed by atoms with E-state index < -0.39 is 11.5 Å². The van der Waals surface area contributed by atoms with Gasteiger partial charge in [0.1, 0.15) is 18.1 Å². The molecule has 0 saturated heterocycles. The Morgan fingerprint density at radius 3 is 2.78 bits per heavy atom. The van der Waals surface area contributed by atoms with Crippen molar-refractivity contribution in [3.63, 3.8) is 0 Å². The van der Waals surface area contributed by atoms with Crippen LogP contribution in [0.5, 0.6) is 11.5 Å². The molecule has 1 heterocycles. The van der Waals surface area contributed by atoms with E-state index in [9.17, 15) is 14.7 Å². The number of benzene rings is 2. The second-order valence-corrected chi connectivity index (χ2v) is 6.94. The lowest BCUT2D eigenvalue weighted by molar-refractivity contribution is -0.139. The van der Waals surface area contributed by atoms with Crippen LogP contribution in [0.25, 0.3) is 0 Å². The molecule has 0 saturated carbocycles. The predicted molar refractivity (Wildman–Crippen MR) is 99.9 cm³/mol. The van der Waals surface area contributed by atoms with Crippen LogP contribution in [-0.4, -0.2) is 30.7 Å². The quantitative estimate of drug-likeness (QED) is 0.818. The van der Waals surface area contributed by atoms with Gasteiger partial charge in [0.15, 0.2) is 0 Å². The van der Waals surface area contributed by atoms with Gasteiger partial charge in [-0.3, -0.25) is 9.59 Å². The van der Waals surface area contributed by atoms with E-state index in [2.05, 4.69) is 5.32 Å². The fourth-order valence-electron chi connectivity index (χ4n) is 3.36. The summed E-state index contributed by atoms with van der Waals surface area (Å²) in [5.74, 6) is -0.198. The molecule has 0 bridgehead atoms. The molecule has 0 aliphatic carbocycles. The highest BCUT2D eigenvalue weighted by Gasteiger charge is 2.35. The van der Waals surface area contributed by atoms with Crippen LogP contribution in [0.1, 0.15) is 24.5 Å². The number of rotatable bonds is 6. The Morgan fingerprint density at radius 2 is 2.04 bits per heavy atom. The predicted octanol–water partition coefficient (Wildman–Crippen LogP) is 2.75. The normalized spacial score (nSPS) is 17.8. The second-order valence-electron chi connectivity index (χ2n) is 6.94. The number of para-hydroxylation sites is 1. The molecule has 0 spiro atoms. The van der Waals surface area contributed by atoms with Crippen LogP contribution in [0.4, 0.5) is 0 Å². The zero-order valence-electron chi connectivity index (χ0n) is 15.4. The molecule has 2 atom stereocenters. The van der Waals surface area contributed by atoms with E-state index in [4.69, 9.17) is 9.47 Å². The third-order valence-electron chi connectivity index (χ3n) is 4.86. The van der Waals surface area contributed by atoms with Gasteiger partial charge in [0, 0.05) is 0 Å². The highest BCUT2D eigenvalue weighted by Crippen LogP contribution is 2.31. The summed E-state index contributed by atoms with van der Waals surface area (Å²) in [6.07, 6.45) is 0.319. The Balaban J connectivity index is 1.82. The number of carboxylic acids is 1. The molecule has 0 radical (unpaired) electrons. The monoisotopic (exact) mass is 369 g/mol. The van der Waals surface area contributed by atoms with E-state index in [1.165, 1.54) is 0 Å². The first-order valence-electron chi connectivity index (χ1n) is 8.80. The summed E-state index contributed by atoms with van der Waals surface area (Å²) in [7, 11) is 1.54. The Hall–Kier alpha value is -3.02. The first-order chi connectivity index (χ1) is 12.9. The van der Waals surface area contributed by atoms with Crippen LogP contribution < -0.4 is 14.8 Å². The standard InChI is InChI=1S/C21H23NO5/c1-21(12-19(23)24,16-7-5-8-17(11-16)26-2)22-20(25)15-10-14-6-3-4-9-18(14)27-13-15/h3-9,11,15H,10,12-13H2,1-2H3,(H,22,25)(H,23,24). The minimum absolute atomic E-state index is 0.226. The lowest BCUT2D eigenvalue weighted by Crippen LogP contribution is -2.49. The van der Waals surface area contributed by atoms with Gasteiger partial charge < -0.3 is 19.9 Å². The van der Waals surface area contributed by atoms with Gasteiger partial charge in [-0.1, -0.05) is 30.3 Å². The van der Waals surface area contributed by atoms with Gasteiger partial charge in [0.25, 0.3) is 0 Å². The van der Waals surface area contributed by atoms with Crippen LogP contribution in [0.2, 0.25) is 0 Å². The molecule has 2 aromatic carbocycles. The molecule has 2 N–H and O–H groups in total. The summed E-state index contributed by atoms with van der Waals surface area (Å²) in [6.45, 7) is 1.98. The van der Waals surface area contributed by atoms with Crippen molar-refractivity contribution in [1.82, 2.24) is 5.32 Å². The zero-order valence-corrected chi connectivity index (χ0v) is 15.4. The molecule has 1 amide bonds. The molecule has 6 heteroatoms. The van der Waals surface area contributed by atoms with E-state index in [0.717, 1.165) is 11.3 Å². The summed E-state index contributed by atoms with van der Waals surface area (Å²) in [5.41, 5.74) is 0.592. The van der Waals surface area contributed by atoms with E-state index in [1.54, 1.807) is 38.3 Å². The van der Waals surface area contributed by atoms with Gasteiger partial charge in [0.2, 0.25) is 5.91 Å². The SMILES string of the molecule is COc1cccc(C(C)(CC(=O)O)NC(=O)C2COc3ccccc3C2)c1. The van der Waals surface area contributed by atoms with Crippen LogP contribution in [0.15, 0.2) is 48.5 Å². The van der Waals surface area contributed by atoms with E-state index in [-0.39, 0.29) is 24.9 Å². The number of carbonyl (C=O) groups excluding carboxylic acids is 1. The average molecular weight is 369 g/mol. The van der Waals surface area contributed by atoms with Crippen LogP contribution in [-0.2, 0) is 21.5 Å². The van der Waals surface area contributed by atoms with Crippen LogP contribution in [0.3, 0.4) is 0 Å². The highest BCUT2D eigenvalue weighted by atomic mass is 16.5. The third kappa shape index (κ3) is 4.22. The van der Waals surface area contributed by atoms with Crippen molar-refractivity contribution >= 4 is 11.9 Å². The summed E-state index contributed by atoms with van der Waals surface area (Å²) >= 11 is 0. The first kappa shape index (κ1) is 18.8. The molecule has 27 heavy (non-hydrogen) atoms. The lowest BCUT2D eigenvalue weighted by atomic mass is 9.86. The third-order valence-corrected chi connectivity index (χ3v) is 4.86. The van der Waals surface area contributed by atoms with Crippen molar-refractivity contribution in [3.05, 3.63) is 59.7 Å². The average Bonchev–Trinajstić information content (AvgIpc) is 2.67. The molecule has 1 aliphatic rings. The number of nitrogens with one attached hydrogen (secondary N) is 1. The minimum atomic E-state index is -1.06. The number of carboxylic acid groups (broad SMARTS) is 1. The fraction of sp³-hybridized carbons (Fsp3) is 0.333. The number of methoxy groups -OCH3 is 1. The van der Waals surface area contributed by atoms with Gasteiger partial charge in [-0.15, -0.1) is 0 Å². The molecule has 2 unspecified atom stereocenters. The van der Waals surface area contributed by atoms with E-state index >= 15 is 0 Å². The Morgan fingerprint density at radius 1 is 1.26 bits per heavy atom. The van der Waals surface area contributed by atoms with Gasteiger partial charge in [0.05, 0.1) is 25.0 Å². The van der Waals surface area contributed by atoms with Crippen LogP contribution in [0, 0.1) is 5.92 Å². The van der Waals surface area contributed by atoms with Crippen molar-refractivity contribution in [1.29, 1.82) is 0 Å². The smallest absolute Gasteiger partial charge is 0.306 e. The molecule has 6 nitrogen and oxygen atoms in total. The van der Waals surface area contributed by atoms with Gasteiger partial charge in [-0.2, -0.15) is 0 Å². The maximum Gasteiger partial charge on any atom is 0.306 e. The Bertz CT molecular complexity index is 850. The molecular formula is C21H23NO5. The lowest BCUT2D eigenvalue weighted by Gasteiger charge is -2.33. The molecule has 142 valence electrons. The summed E-state index contributed by atoms with van der Waals surface area (Å²) in [4.78, 5) is 24.4. The number of aliphatic carboxylic acids is 1. The molecule has 3 rings (SSSR count). The van der Waals surface area contributed by atoms with Crippen molar-refractivity contribution in [2.75, 3.05) is 13.7 Å². The Labute approximate surface area is 158 Å². The number of carbonyl (C=O) groups is 2. The number of hydrogen-bond acceptors (Lipinski definition) is 4. The summed E-state index contributed by atoms with van der Waals surface area (Å²) < 4.78 is 10.9. The Kier molecular flexibility index (Phi) is 5.35. The number of amides is 1. The number of fused-ring (bicyclic) bond motifs is 1. The van der Waals surface area contributed by atoms with Crippen molar-refractivity contribution in [2.24, 2.45) is 5.92 Å². The second kappa shape index (κ2) is 7.70. The molecule has 1 aliphatic heterocycles. The summed E-state index contributed by atoms with van der Waals surface area (Å²) in [6, 6.07) is 14.7. The van der Waals surface area contributed by atoms with Crippen molar-refractivity contribution in [3.8, 4) is 11.5 Å². The van der Waals surface area contributed by atoms with Gasteiger partial charge >= 0.3 is 5.97 Å². The fourth-order valence-corrected chi connectivity index (χ4v) is 3.36. The minimum Gasteiger partial charge on any atom is -0.497 e. The molecule has 0 fully saturated rings. The number of hydrogen-bond donors (Lipinski definition) is 2. The van der Waals surface area contributed by atoms with Gasteiger partial charge in [-0.25, -0.2) is 0 Å². The number of ether oxygens (including phenoxy) is 2.